The normalized spacial score (nSPS) is 20.5. The summed E-state index contributed by atoms with van der Waals surface area (Å²) >= 11 is 0. The molecule has 0 N–H and O–H groups in total. The Balaban J connectivity index is 1.33. The van der Waals surface area contributed by atoms with E-state index in [0.717, 1.165) is 5.56 Å². The molecule has 0 bridgehead atoms. The van der Waals surface area contributed by atoms with Crippen LogP contribution in [0, 0.1) is 5.82 Å². The van der Waals surface area contributed by atoms with Crippen LogP contribution in [0.4, 0.5) is 4.39 Å². The van der Waals surface area contributed by atoms with E-state index in [2.05, 4.69) is 13.2 Å². The molecule has 2 unspecified atom stereocenters. The van der Waals surface area contributed by atoms with Crippen molar-refractivity contribution in [3.63, 3.8) is 0 Å². The fourth-order valence-electron chi connectivity index (χ4n) is 3.37. The minimum absolute atomic E-state index is 0.0662. The summed E-state index contributed by atoms with van der Waals surface area (Å²) in [5.41, 5.74) is 2.33. The van der Waals surface area contributed by atoms with Gasteiger partial charge in [0.2, 0.25) is 0 Å². The van der Waals surface area contributed by atoms with Gasteiger partial charge in [0.1, 0.15) is 31.2 Å². The Morgan fingerprint density at radius 3 is 1.90 bits per heavy atom. The van der Waals surface area contributed by atoms with Gasteiger partial charge in [0, 0.05) is 24.0 Å². The number of hydrogen-bond donors (Lipinski definition) is 0. The zero-order chi connectivity index (χ0) is 22.0. The first-order valence-corrected chi connectivity index (χ1v) is 9.82. The van der Waals surface area contributed by atoms with Crippen molar-refractivity contribution < 1.29 is 32.9 Å². The molecule has 6 nitrogen and oxygen atoms in total. The van der Waals surface area contributed by atoms with E-state index >= 15 is 0 Å². The third-order valence-corrected chi connectivity index (χ3v) is 5.05. The molecule has 2 aromatic carbocycles. The predicted molar refractivity (Wildman–Crippen MR) is 110 cm³/mol. The number of rotatable bonds is 7. The summed E-state index contributed by atoms with van der Waals surface area (Å²) in [6.07, 6.45) is 0.0672. The SMILES string of the molecule is C=C1CC(COc2ccc(-c3ccc(OCC4CC(=C)C(=O)O4)c(F)c3)cc2)OC1=O. The monoisotopic (exact) mass is 424 g/mol. The van der Waals surface area contributed by atoms with Crippen LogP contribution in [-0.2, 0) is 19.1 Å². The number of hydrogen-bond acceptors (Lipinski definition) is 6. The highest BCUT2D eigenvalue weighted by Crippen LogP contribution is 2.28. The molecular weight excluding hydrogens is 403 g/mol. The van der Waals surface area contributed by atoms with Gasteiger partial charge in [-0.1, -0.05) is 31.4 Å². The van der Waals surface area contributed by atoms with Crippen molar-refractivity contribution in [1.29, 1.82) is 0 Å². The number of benzene rings is 2. The van der Waals surface area contributed by atoms with Crippen molar-refractivity contribution in [2.45, 2.75) is 25.0 Å². The number of ether oxygens (including phenoxy) is 4. The first-order valence-electron chi connectivity index (χ1n) is 9.82. The molecule has 7 heteroatoms. The highest BCUT2D eigenvalue weighted by molar-refractivity contribution is 5.90. The quantitative estimate of drug-likeness (QED) is 0.494. The Kier molecular flexibility index (Phi) is 5.75. The molecule has 31 heavy (non-hydrogen) atoms. The van der Waals surface area contributed by atoms with E-state index in [-0.39, 0.29) is 31.0 Å². The first kappa shape index (κ1) is 20.7. The summed E-state index contributed by atoms with van der Waals surface area (Å²) in [5, 5.41) is 0. The molecule has 0 saturated carbocycles. The lowest BCUT2D eigenvalue weighted by Gasteiger charge is -2.13. The van der Waals surface area contributed by atoms with Crippen LogP contribution in [0.2, 0.25) is 0 Å². The van der Waals surface area contributed by atoms with Crippen molar-refractivity contribution in [3.05, 3.63) is 72.6 Å². The van der Waals surface area contributed by atoms with Crippen molar-refractivity contribution in [2.75, 3.05) is 13.2 Å². The topological polar surface area (TPSA) is 71.1 Å². The highest BCUT2D eigenvalue weighted by atomic mass is 19.1. The second-order valence-corrected chi connectivity index (χ2v) is 7.46. The molecular formula is C24H21FO6. The molecule has 2 aliphatic heterocycles. The van der Waals surface area contributed by atoms with Gasteiger partial charge in [-0.2, -0.15) is 0 Å². The number of carbonyl (C=O) groups excluding carboxylic acids is 2. The van der Waals surface area contributed by atoms with E-state index in [1.807, 2.05) is 12.1 Å². The van der Waals surface area contributed by atoms with E-state index in [0.29, 0.717) is 35.3 Å². The van der Waals surface area contributed by atoms with E-state index in [4.69, 9.17) is 18.9 Å². The molecule has 2 fully saturated rings. The number of esters is 2. The van der Waals surface area contributed by atoms with Crippen LogP contribution < -0.4 is 9.47 Å². The maximum absolute atomic E-state index is 14.5. The minimum atomic E-state index is -0.510. The van der Waals surface area contributed by atoms with Crippen LogP contribution in [0.5, 0.6) is 11.5 Å². The van der Waals surface area contributed by atoms with Crippen LogP contribution in [0.1, 0.15) is 12.8 Å². The van der Waals surface area contributed by atoms with E-state index in [9.17, 15) is 14.0 Å². The molecule has 0 aliphatic carbocycles. The largest absolute Gasteiger partial charge is 0.490 e. The third-order valence-electron chi connectivity index (χ3n) is 5.05. The summed E-state index contributed by atoms with van der Waals surface area (Å²) in [4.78, 5) is 22.7. The van der Waals surface area contributed by atoms with Crippen molar-refractivity contribution >= 4 is 11.9 Å². The van der Waals surface area contributed by atoms with Gasteiger partial charge in [-0.15, -0.1) is 0 Å². The molecule has 160 valence electrons. The van der Waals surface area contributed by atoms with Crippen LogP contribution in [0.15, 0.2) is 66.8 Å². The lowest BCUT2D eigenvalue weighted by Crippen LogP contribution is -2.17. The average Bonchev–Trinajstić information content (AvgIpc) is 3.25. The second-order valence-electron chi connectivity index (χ2n) is 7.46. The van der Waals surface area contributed by atoms with Gasteiger partial charge in [0.05, 0.1) is 0 Å². The van der Waals surface area contributed by atoms with E-state index in [1.54, 1.807) is 24.3 Å². The highest BCUT2D eigenvalue weighted by Gasteiger charge is 2.28. The maximum Gasteiger partial charge on any atom is 0.333 e. The molecule has 2 aliphatic rings. The van der Waals surface area contributed by atoms with Crippen molar-refractivity contribution in [3.8, 4) is 22.6 Å². The van der Waals surface area contributed by atoms with Crippen LogP contribution >= 0.6 is 0 Å². The fraction of sp³-hybridized carbons (Fsp3) is 0.250. The number of cyclic esters (lactones) is 2. The fourth-order valence-corrected chi connectivity index (χ4v) is 3.37. The van der Waals surface area contributed by atoms with Gasteiger partial charge in [-0.3, -0.25) is 0 Å². The lowest BCUT2D eigenvalue weighted by atomic mass is 10.1. The Morgan fingerprint density at radius 2 is 1.39 bits per heavy atom. The van der Waals surface area contributed by atoms with E-state index < -0.39 is 17.9 Å². The van der Waals surface area contributed by atoms with Crippen LogP contribution in [0.3, 0.4) is 0 Å². The molecule has 2 saturated heterocycles. The van der Waals surface area contributed by atoms with Gasteiger partial charge >= 0.3 is 11.9 Å². The summed E-state index contributed by atoms with van der Waals surface area (Å²) in [6, 6.07) is 11.8. The summed E-state index contributed by atoms with van der Waals surface area (Å²) < 4.78 is 35.8. The molecule has 0 radical (unpaired) electrons. The average molecular weight is 424 g/mol. The van der Waals surface area contributed by atoms with Gasteiger partial charge < -0.3 is 18.9 Å². The van der Waals surface area contributed by atoms with Gasteiger partial charge in [-0.25, -0.2) is 14.0 Å². The smallest absolute Gasteiger partial charge is 0.333 e. The molecule has 0 amide bonds. The molecule has 0 spiro atoms. The van der Waals surface area contributed by atoms with Gasteiger partial charge in [0.15, 0.2) is 11.6 Å². The van der Waals surface area contributed by atoms with E-state index in [1.165, 1.54) is 6.07 Å². The second kappa shape index (κ2) is 8.63. The number of halogens is 1. The van der Waals surface area contributed by atoms with Crippen LogP contribution in [-0.4, -0.2) is 37.4 Å². The first-order chi connectivity index (χ1) is 14.9. The predicted octanol–water partition coefficient (Wildman–Crippen LogP) is 3.99. The van der Waals surface area contributed by atoms with Gasteiger partial charge in [-0.05, 0) is 35.4 Å². The van der Waals surface area contributed by atoms with Crippen molar-refractivity contribution in [1.82, 2.24) is 0 Å². The van der Waals surface area contributed by atoms with Crippen molar-refractivity contribution in [2.24, 2.45) is 0 Å². The Bertz CT molecular complexity index is 1010. The summed E-state index contributed by atoms with van der Waals surface area (Å²) in [7, 11) is 0. The molecule has 2 atom stereocenters. The summed E-state index contributed by atoms with van der Waals surface area (Å²) in [6.45, 7) is 7.56. The molecule has 2 aromatic rings. The summed E-state index contributed by atoms with van der Waals surface area (Å²) in [5.74, 6) is -0.626. The Morgan fingerprint density at radius 1 is 0.839 bits per heavy atom. The number of carbonyl (C=O) groups is 2. The Hall–Kier alpha value is -3.61. The third kappa shape index (κ3) is 4.77. The van der Waals surface area contributed by atoms with Gasteiger partial charge in [0.25, 0.3) is 0 Å². The Labute approximate surface area is 178 Å². The zero-order valence-electron chi connectivity index (χ0n) is 16.8. The molecule has 0 aromatic heterocycles. The standard InChI is InChI=1S/C24H21FO6/c1-14-9-19(30-23(14)26)12-28-18-6-3-16(4-7-18)17-5-8-22(21(25)11-17)29-13-20-10-15(2)24(27)31-20/h3-8,11,19-20H,1-2,9-10,12-13H2. The molecule has 4 rings (SSSR count). The minimum Gasteiger partial charge on any atom is -0.490 e. The zero-order valence-corrected chi connectivity index (χ0v) is 16.8. The molecule has 2 heterocycles. The van der Waals surface area contributed by atoms with Crippen LogP contribution in [0.25, 0.3) is 11.1 Å². The maximum atomic E-state index is 14.5. The lowest BCUT2D eigenvalue weighted by molar-refractivity contribution is -0.140.